The van der Waals surface area contributed by atoms with Crippen LogP contribution in [0.2, 0.25) is 0 Å². The third kappa shape index (κ3) is 4.15. The zero-order valence-corrected chi connectivity index (χ0v) is 18.3. The van der Waals surface area contributed by atoms with Crippen LogP contribution in [0.15, 0.2) is 60.7 Å². The summed E-state index contributed by atoms with van der Waals surface area (Å²) < 4.78 is 6.47. The monoisotopic (exact) mass is 419 g/mol. The maximum atomic E-state index is 13.4. The van der Waals surface area contributed by atoms with Crippen molar-refractivity contribution in [2.24, 2.45) is 0 Å². The molecule has 4 aromatic rings. The highest BCUT2D eigenvalue weighted by atomic mass is 32.1. The molecule has 5 nitrogen and oxygen atoms in total. The van der Waals surface area contributed by atoms with Crippen LogP contribution in [0.3, 0.4) is 0 Å². The molecule has 0 spiro atoms. The van der Waals surface area contributed by atoms with Gasteiger partial charge in [-0.3, -0.25) is 9.69 Å². The number of likely N-dealkylation sites (N-methyl/N-ethyl adjacent to an activating group) is 1. The molecule has 0 unspecified atom stereocenters. The van der Waals surface area contributed by atoms with E-state index in [-0.39, 0.29) is 5.91 Å². The number of benzene rings is 3. The lowest BCUT2D eigenvalue weighted by Crippen LogP contribution is -2.37. The molecule has 3 aromatic carbocycles. The van der Waals surface area contributed by atoms with Crippen LogP contribution in [0.25, 0.3) is 21.0 Å². The Balaban J connectivity index is 1.69. The minimum atomic E-state index is 0.0474. The zero-order valence-electron chi connectivity index (χ0n) is 17.5. The molecule has 1 heterocycles. The quantitative estimate of drug-likeness (QED) is 0.439. The van der Waals surface area contributed by atoms with Crippen molar-refractivity contribution >= 4 is 43.4 Å². The summed E-state index contributed by atoms with van der Waals surface area (Å²) in [6.45, 7) is 1.34. The van der Waals surface area contributed by atoms with Crippen molar-refractivity contribution in [1.29, 1.82) is 0 Å². The second-order valence-electron chi connectivity index (χ2n) is 7.47. The average molecular weight is 420 g/mol. The molecule has 154 valence electrons. The van der Waals surface area contributed by atoms with Crippen LogP contribution in [0.5, 0.6) is 5.75 Å². The number of nitrogens with zero attached hydrogens (tertiary/aromatic N) is 3. The molecule has 0 bridgehead atoms. The molecule has 1 amide bonds. The second-order valence-corrected chi connectivity index (χ2v) is 8.48. The Bertz CT molecular complexity index is 1180. The van der Waals surface area contributed by atoms with Crippen molar-refractivity contribution in [3.63, 3.8) is 0 Å². The maximum Gasteiger partial charge on any atom is 0.233 e. The SMILES string of the molecule is COc1cccc2sc(N(CCN(C)C)C(=O)Cc3cccc4ccccc34)nc12. The summed E-state index contributed by atoms with van der Waals surface area (Å²) in [5.74, 6) is 0.773. The molecular formula is C24H25N3O2S. The van der Waals surface area contributed by atoms with Crippen LogP contribution < -0.4 is 9.64 Å². The van der Waals surface area contributed by atoms with E-state index in [4.69, 9.17) is 9.72 Å². The molecule has 0 aliphatic rings. The van der Waals surface area contributed by atoms with Crippen molar-refractivity contribution in [1.82, 2.24) is 9.88 Å². The summed E-state index contributed by atoms with van der Waals surface area (Å²) in [5, 5.41) is 2.97. The first-order valence-electron chi connectivity index (χ1n) is 9.92. The lowest BCUT2D eigenvalue weighted by molar-refractivity contribution is -0.118. The predicted octanol–water partition coefficient (Wildman–Crippen LogP) is 4.60. The third-order valence-corrected chi connectivity index (χ3v) is 6.16. The van der Waals surface area contributed by atoms with E-state index in [0.29, 0.717) is 18.1 Å². The number of carbonyl (C=O) groups is 1. The lowest BCUT2D eigenvalue weighted by atomic mass is 10.0. The molecule has 1 aromatic heterocycles. The number of hydrogen-bond acceptors (Lipinski definition) is 5. The number of carbonyl (C=O) groups excluding carboxylic acids is 1. The maximum absolute atomic E-state index is 13.4. The standard InChI is InChI=1S/C24H25N3O2S/c1-26(2)14-15-27(24-25-23-20(29-3)12-7-13-21(23)30-24)22(28)16-18-10-6-9-17-8-4-5-11-19(17)18/h4-13H,14-16H2,1-3H3. The lowest BCUT2D eigenvalue weighted by Gasteiger charge is -2.22. The summed E-state index contributed by atoms with van der Waals surface area (Å²) in [6.07, 6.45) is 0.335. The Morgan fingerprint density at radius 1 is 1.00 bits per heavy atom. The number of methoxy groups -OCH3 is 1. The number of hydrogen-bond donors (Lipinski definition) is 0. The number of anilines is 1. The molecule has 4 rings (SSSR count). The van der Waals surface area contributed by atoms with Crippen molar-refractivity contribution < 1.29 is 9.53 Å². The Kier molecular flexibility index (Phi) is 5.97. The summed E-state index contributed by atoms with van der Waals surface area (Å²) in [5.41, 5.74) is 1.83. The number of aromatic nitrogens is 1. The molecule has 6 heteroatoms. The van der Waals surface area contributed by atoms with Gasteiger partial charge in [-0.2, -0.15) is 0 Å². The van der Waals surface area contributed by atoms with Crippen LogP contribution in [-0.4, -0.2) is 50.1 Å². The van der Waals surface area contributed by atoms with Crippen LogP contribution in [-0.2, 0) is 11.2 Å². The second kappa shape index (κ2) is 8.81. The van der Waals surface area contributed by atoms with Gasteiger partial charge in [0.1, 0.15) is 11.3 Å². The molecule has 0 N–H and O–H groups in total. The molecule has 0 saturated heterocycles. The van der Waals surface area contributed by atoms with Gasteiger partial charge in [0.05, 0.1) is 18.2 Å². The van der Waals surface area contributed by atoms with E-state index in [0.717, 1.165) is 38.8 Å². The minimum Gasteiger partial charge on any atom is -0.494 e. The minimum absolute atomic E-state index is 0.0474. The number of fused-ring (bicyclic) bond motifs is 2. The highest BCUT2D eigenvalue weighted by Gasteiger charge is 2.21. The largest absolute Gasteiger partial charge is 0.494 e. The number of rotatable bonds is 7. The predicted molar refractivity (Wildman–Crippen MR) is 125 cm³/mol. The van der Waals surface area contributed by atoms with Gasteiger partial charge < -0.3 is 9.64 Å². The Labute approximate surface area is 180 Å². The smallest absolute Gasteiger partial charge is 0.233 e. The fourth-order valence-electron chi connectivity index (χ4n) is 3.52. The topological polar surface area (TPSA) is 45.7 Å². The summed E-state index contributed by atoms with van der Waals surface area (Å²) in [4.78, 5) is 22.1. The fourth-order valence-corrected chi connectivity index (χ4v) is 4.55. The number of amides is 1. The molecule has 0 aliphatic carbocycles. The van der Waals surface area contributed by atoms with Gasteiger partial charge in [0.2, 0.25) is 5.91 Å². The Morgan fingerprint density at radius 2 is 1.77 bits per heavy atom. The van der Waals surface area contributed by atoms with Gasteiger partial charge >= 0.3 is 0 Å². The van der Waals surface area contributed by atoms with Crippen LogP contribution >= 0.6 is 11.3 Å². The highest BCUT2D eigenvalue weighted by molar-refractivity contribution is 7.22. The first-order chi connectivity index (χ1) is 14.6. The van der Waals surface area contributed by atoms with Gasteiger partial charge in [-0.1, -0.05) is 59.9 Å². The molecule has 0 aliphatic heterocycles. The Morgan fingerprint density at radius 3 is 2.57 bits per heavy atom. The first-order valence-corrected chi connectivity index (χ1v) is 10.7. The van der Waals surface area contributed by atoms with Gasteiger partial charge in [0.15, 0.2) is 5.13 Å². The first kappa shape index (κ1) is 20.3. The molecule has 0 fully saturated rings. The van der Waals surface area contributed by atoms with E-state index in [9.17, 15) is 4.79 Å². The molecule has 0 radical (unpaired) electrons. The zero-order chi connectivity index (χ0) is 21.1. The van der Waals surface area contributed by atoms with Crippen LogP contribution in [0, 0.1) is 0 Å². The van der Waals surface area contributed by atoms with E-state index in [1.807, 2.05) is 61.5 Å². The van der Waals surface area contributed by atoms with Crippen molar-refractivity contribution in [2.45, 2.75) is 6.42 Å². The number of para-hydroxylation sites is 1. The van der Waals surface area contributed by atoms with E-state index in [1.165, 1.54) is 11.3 Å². The van der Waals surface area contributed by atoms with Gasteiger partial charge in [0, 0.05) is 13.1 Å². The Hall–Kier alpha value is -2.96. The van der Waals surface area contributed by atoms with Crippen LogP contribution in [0.4, 0.5) is 5.13 Å². The molecule has 30 heavy (non-hydrogen) atoms. The summed E-state index contributed by atoms with van der Waals surface area (Å²) >= 11 is 1.52. The third-order valence-electron chi connectivity index (χ3n) is 5.11. The fraction of sp³-hybridized carbons (Fsp3) is 0.250. The number of thiazole rings is 1. The van der Waals surface area contributed by atoms with E-state index >= 15 is 0 Å². The van der Waals surface area contributed by atoms with Gasteiger partial charge in [-0.15, -0.1) is 0 Å². The highest BCUT2D eigenvalue weighted by Crippen LogP contribution is 2.34. The normalized spacial score (nSPS) is 11.3. The number of ether oxygens (including phenoxy) is 1. The summed E-state index contributed by atoms with van der Waals surface area (Å²) in [6, 6.07) is 20.2. The van der Waals surface area contributed by atoms with Gasteiger partial charge in [0.25, 0.3) is 0 Å². The van der Waals surface area contributed by atoms with Crippen LogP contribution in [0.1, 0.15) is 5.56 Å². The van der Waals surface area contributed by atoms with E-state index in [1.54, 1.807) is 7.11 Å². The average Bonchev–Trinajstić information content (AvgIpc) is 3.18. The molecule has 0 atom stereocenters. The van der Waals surface area contributed by atoms with Gasteiger partial charge in [-0.25, -0.2) is 4.98 Å². The van der Waals surface area contributed by atoms with Gasteiger partial charge in [-0.05, 0) is 42.6 Å². The van der Waals surface area contributed by atoms with E-state index in [2.05, 4.69) is 23.1 Å². The van der Waals surface area contributed by atoms with Crippen molar-refractivity contribution in [2.75, 3.05) is 39.2 Å². The van der Waals surface area contributed by atoms with Crippen molar-refractivity contribution in [3.05, 3.63) is 66.2 Å². The molecular weight excluding hydrogens is 394 g/mol. The van der Waals surface area contributed by atoms with E-state index < -0.39 is 0 Å². The van der Waals surface area contributed by atoms with Crippen molar-refractivity contribution in [3.8, 4) is 5.75 Å². The molecule has 0 saturated carbocycles. The summed E-state index contributed by atoms with van der Waals surface area (Å²) in [7, 11) is 5.66.